The monoisotopic (exact) mass is 399 g/mol. The molecule has 0 aliphatic carbocycles. The van der Waals surface area contributed by atoms with Gasteiger partial charge in [-0.1, -0.05) is 0 Å². The molecule has 1 aromatic rings. The van der Waals surface area contributed by atoms with Crippen LogP contribution in [-0.2, 0) is 29.1 Å². The maximum atomic E-state index is 13.1. The normalized spacial score (nSPS) is 17.7. The van der Waals surface area contributed by atoms with Crippen LogP contribution in [0.4, 0.5) is 5.69 Å². The van der Waals surface area contributed by atoms with Gasteiger partial charge in [0.25, 0.3) is 0 Å². The predicted molar refractivity (Wildman–Crippen MR) is 94.6 cm³/mol. The molecule has 27 heavy (non-hydrogen) atoms. The Labute approximate surface area is 156 Å². The van der Waals surface area contributed by atoms with Crippen molar-refractivity contribution in [2.45, 2.75) is 24.3 Å². The first kappa shape index (κ1) is 20.6. The zero-order chi connectivity index (χ0) is 20.2. The number of sulfonamides is 1. The number of amides is 2. The Balaban J connectivity index is 2.44. The fourth-order valence-electron chi connectivity index (χ4n) is 2.69. The number of nitrogens with one attached hydrogen (secondary N) is 2. The number of anilines is 1. The number of esters is 1. The van der Waals surface area contributed by atoms with Crippen molar-refractivity contribution in [3.8, 4) is 5.75 Å². The third-order valence-corrected chi connectivity index (χ3v) is 5.86. The summed E-state index contributed by atoms with van der Waals surface area (Å²) in [5.41, 5.74) is 0.178. The Morgan fingerprint density at radius 3 is 2.63 bits per heavy atom. The summed E-state index contributed by atoms with van der Waals surface area (Å²) in [6.45, 7) is 1.39. The van der Waals surface area contributed by atoms with E-state index in [4.69, 9.17) is 4.74 Å². The minimum absolute atomic E-state index is 0.00274. The lowest BCUT2D eigenvalue weighted by atomic mass is 10.1. The molecule has 0 bridgehead atoms. The maximum Gasteiger partial charge on any atom is 0.307 e. The summed E-state index contributed by atoms with van der Waals surface area (Å²) in [6.07, 6.45) is -0.406. The van der Waals surface area contributed by atoms with Crippen molar-refractivity contribution in [3.05, 3.63) is 18.2 Å². The molecule has 1 aliphatic heterocycles. The minimum Gasteiger partial charge on any atom is -0.495 e. The summed E-state index contributed by atoms with van der Waals surface area (Å²) < 4.78 is 36.8. The van der Waals surface area contributed by atoms with Gasteiger partial charge in [-0.2, -0.15) is 4.31 Å². The van der Waals surface area contributed by atoms with Gasteiger partial charge in [-0.3, -0.25) is 14.4 Å². The number of hydrogen-bond acceptors (Lipinski definition) is 7. The molecule has 0 aromatic heterocycles. The van der Waals surface area contributed by atoms with Gasteiger partial charge >= 0.3 is 5.97 Å². The summed E-state index contributed by atoms with van der Waals surface area (Å²) >= 11 is 0. The number of piperazine rings is 1. The highest BCUT2D eigenvalue weighted by Gasteiger charge is 2.40. The molecule has 1 saturated heterocycles. The molecule has 2 rings (SSSR count). The quantitative estimate of drug-likeness (QED) is 0.628. The van der Waals surface area contributed by atoms with Crippen LogP contribution in [-0.4, -0.2) is 63.9 Å². The van der Waals surface area contributed by atoms with Gasteiger partial charge in [0.05, 0.1) is 31.2 Å². The molecule has 0 radical (unpaired) electrons. The first-order chi connectivity index (χ1) is 12.7. The second-order valence-electron chi connectivity index (χ2n) is 5.75. The molecular weight excluding hydrogens is 378 g/mol. The van der Waals surface area contributed by atoms with E-state index in [1.807, 2.05) is 0 Å². The molecule has 0 unspecified atom stereocenters. The molecular formula is C16H21N3O7S. The van der Waals surface area contributed by atoms with Crippen molar-refractivity contribution < 1.29 is 32.3 Å². The van der Waals surface area contributed by atoms with Crippen LogP contribution in [0.5, 0.6) is 5.75 Å². The zero-order valence-corrected chi connectivity index (χ0v) is 16.0. The van der Waals surface area contributed by atoms with Crippen molar-refractivity contribution in [1.29, 1.82) is 0 Å². The van der Waals surface area contributed by atoms with E-state index in [-0.39, 0.29) is 29.4 Å². The number of methoxy groups -OCH3 is 2. The van der Waals surface area contributed by atoms with Crippen LogP contribution < -0.4 is 15.4 Å². The van der Waals surface area contributed by atoms with Crippen LogP contribution in [0, 0.1) is 0 Å². The number of carbonyl (C=O) groups is 3. The highest BCUT2D eigenvalue weighted by atomic mass is 32.2. The number of ether oxygens (including phenoxy) is 2. The van der Waals surface area contributed by atoms with Crippen LogP contribution in [0.2, 0.25) is 0 Å². The van der Waals surface area contributed by atoms with Crippen LogP contribution in [0.15, 0.2) is 23.1 Å². The number of carbonyl (C=O) groups excluding carboxylic acids is 3. The van der Waals surface area contributed by atoms with Crippen LogP contribution in [0.3, 0.4) is 0 Å². The van der Waals surface area contributed by atoms with E-state index in [9.17, 15) is 22.8 Å². The second-order valence-corrected chi connectivity index (χ2v) is 7.64. The molecule has 10 nitrogen and oxygen atoms in total. The van der Waals surface area contributed by atoms with Gasteiger partial charge in [-0.25, -0.2) is 8.42 Å². The fourth-order valence-corrected chi connectivity index (χ4v) is 4.30. The Bertz CT molecular complexity index is 854. The molecule has 1 atom stereocenters. The van der Waals surface area contributed by atoms with Crippen molar-refractivity contribution in [2.75, 3.05) is 32.6 Å². The van der Waals surface area contributed by atoms with E-state index >= 15 is 0 Å². The van der Waals surface area contributed by atoms with E-state index in [1.54, 1.807) is 0 Å². The van der Waals surface area contributed by atoms with Crippen LogP contribution in [0.25, 0.3) is 0 Å². The van der Waals surface area contributed by atoms with Crippen molar-refractivity contribution in [3.63, 3.8) is 0 Å². The van der Waals surface area contributed by atoms with Gasteiger partial charge < -0.3 is 20.1 Å². The molecule has 1 aromatic carbocycles. The standard InChI is InChI=1S/C16H21N3O7S/c1-10(20)18-12-8-11(4-5-14(12)25-2)27(23,24)19-7-6-17-16(22)13(19)9-15(21)26-3/h4-5,8,13H,6-7,9H2,1-3H3,(H,17,22)(H,18,20)/t13-/m1/s1. The molecule has 0 saturated carbocycles. The SMILES string of the molecule is COC(=O)C[C@@H]1C(=O)NCCN1S(=O)(=O)c1ccc(OC)c(NC(C)=O)c1. The molecule has 1 aliphatic rings. The van der Waals surface area contributed by atoms with Gasteiger partial charge in [0, 0.05) is 20.0 Å². The molecule has 2 amide bonds. The van der Waals surface area contributed by atoms with E-state index in [0.29, 0.717) is 0 Å². The number of nitrogens with zero attached hydrogens (tertiary/aromatic N) is 1. The van der Waals surface area contributed by atoms with Gasteiger partial charge in [0.2, 0.25) is 21.8 Å². The molecule has 1 heterocycles. The summed E-state index contributed by atoms with van der Waals surface area (Å²) in [5, 5.41) is 5.04. The maximum absolute atomic E-state index is 13.1. The highest BCUT2D eigenvalue weighted by molar-refractivity contribution is 7.89. The largest absolute Gasteiger partial charge is 0.495 e. The van der Waals surface area contributed by atoms with E-state index in [1.165, 1.54) is 32.2 Å². The molecule has 148 valence electrons. The van der Waals surface area contributed by atoms with E-state index in [0.717, 1.165) is 11.4 Å². The van der Waals surface area contributed by atoms with Crippen LogP contribution >= 0.6 is 0 Å². The highest BCUT2D eigenvalue weighted by Crippen LogP contribution is 2.30. The Hall–Kier alpha value is -2.66. The lowest BCUT2D eigenvalue weighted by Gasteiger charge is -2.33. The fraction of sp³-hybridized carbons (Fsp3) is 0.438. The smallest absolute Gasteiger partial charge is 0.307 e. The Morgan fingerprint density at radius 2 is 2.04 bits per heavy atom. The first-order valence-electron chi connectivity index (χ1n) is 8.02. The van der Waals surface area contributed by atoms with Crippen LogP contribution in [0.1, 0.15) is 13.3 Å². The number of hydrogen-bond donors (Lipinski definition) is 2. The average Bonchev–Trinajstić information content (AvgIpc) is 2.62. The predicted octanol–water partition coefficient (Wildman–Crippen LogP) is -0.294. The summed E-state index contributed by atoms with van der Waals surface area (Å²) in [7, 11) is -1.58. The van der Waals surface area contributed by atoms with E-state index in [2.05, 4.69) is 15.4 Å². The average molecular weight is 399 g/mol. The summed E-state index contributed by atoms with van der Waals surface area (Å²) in [6, 6.07) is 2.73. The van der Waals surface area contributed by atoms with Crippen molar-refractivity contribution >= 4 is 33.5 Å². The second kappa shape index (κ2) is 8.35. The zero-order valence-electron chi connectivity index (χ0n) is 15.1. The lowest BCUT2D eigenvalue weighted by molar-refractivity contribution is -0.144. The number of benzene rings is 1. The van der Waals surface area contributed by atoms with Gasteiger partial charge in [0.1, 0.15) is 11.8 Å². The third-order valence-electron chi connectivity index (χ3n) is 3.96. The molecule has 2 N–H and O–H groups in total. The summed E-state index contributed by atoms with van der Waals surface area (Å²) in [5.74, 6) is -1.40. The van der Waals surface area contributed by atoms with Gasteiger partial charge in [-0.05, 0) is 18.2 Å². The van der Waals surface area contributed by atoms with Gasteiger partial charge in [0.15, 0.2) is 0 Å². The summed E-state index contributed by atoms with van der Waals surface area (Å²) in [4.78, 5) is 35.0. The molecule has 0 spiro atoms. The first-order valence-corrected chi connectivity index (χ1v) is 9.46. The topological polar surface area (TPSA) is 131 Å². The van der Waals surface area contributed by atoms with Crippen molar-refractivity contribution in [1.82, 2.24) is 9.62 Å². The molecule has 11 heteroatoms. The molecule has 1 fully saturated rings. The lowest BCUT2D eigenvalue weighted by Crippen LogP contribution is -2.57. The Morgan fingerprint density at radius 1 is 1.33 bits per heavy atom. The Kier molecular flexibility index (Phi) is 6.39. The number of rotatable bonds is 6. The minimum atomic E-state index is -4.12. The van der Waals surface area contributed by atoms with Gasteiger partial charge in [-0.15, -0.1) is 0 Å². The van der Waals surface area contributed by atoms with E-state index < -0.39 is 40.3 Å². The third kappa shape index (κ3) is 4.55. The van der Waals surface area contributed by atoms with Crippen molar-refractivity contribution in [2.24, 2.45) is 0 Å².